The SMILES string of the molecule is COc1cc(/C=C2\CC[C@H]3CN(S(=O)O)C[C@@H](c4cc(F)c(F)c(F)c4)N3C2=O)ccc1-n1cnc(C)c1. The van der Waals surface area contributed by atoms with Crippen molar-refractivity contribution in [1.29, 1.82) is 0 Å². The summed E-state index contributed by atoms with van der Waals surface area (Å²) in [5.41, 5.74) is 2.83. The Morgan fingerprint density at radius 1 is 1.16 bits per heavy atom. The number of aromatic nitrogens is 2. The van der Waals surface area contributed by atoms with Crippen molar-refractivity contribution >= 4 is 23.2 Å². The number of ether oxygens (including phenoxy) is 1. The van der Waals surface area contributed by atoms with Gasteiger partial charge in [-0.3, -0.25) is 9.35 Å². The Bertz CT molecular complexity index is 1440. The van der Waals surface area contributed by atoms with Crippen molar-refractivity contribution in [3.63, 3.8) is 0 Å². The second kappa shape index (κ2) is 10.4. The third kappa shape index (κ3) is 4.86. The van der Waals surface area contributed by atoms with Crippen LogP contribution in [0.4, 0.5) is 13.2 Å². The third-order valence-corrected chi connectivity index (χ3v) is 7.66. The van der Waals surface area contributed by atoms with Gasteiger partial charge < -0.3 is 14.2 Å². The van der Waals surface area contributed by atoms with Crippen LogP contribution < -0.4 is 4.74 Å². The van der Waals surface area contributed by atoms with E-state index in [-0.39, 0.29) is 24.6 Å². The van der Waals surface area contributed by atoms with Crippen molar-refractivity contribution in [3.05, 3.63) is 82.7 Å². The molecule has 2 fully saturated rings. The van der Waals surface area contributed by atoms with Crippen molar-refractivity contribution in [2.75, 3.05) is 20.2 Å². The molecule has 8 nitrogen and oxygen atoms in total. The van der Waals surface area contributed by atoms with Crippen LogP contribution in [0.1, 0.15) is 35.7 Å². The Labute approximate surface area is 219 Å². The van der Waals surface area contributed by atoms with Crippen molar-refractivity contribution in [1.82, 2.24) is 18.8 Å². The van der Waals surface area contributed by atoms with Gasteiger partial charge in [-0.15, -0.1) is 0 Å². The van der Waals surface area contributed by atoms with Crippen LogP contribution in [0.2, 0.25) is 0 Å². The fourth-order valence-corrected chi connectivity index (χ4v) is 5.68. The molecule has 1 unspecified atom stereocenters. The minimum Gasteiger partial charge on any atom is -0.495 e. The molecule has 1 amide bonds. The van der Waals surface area contributed by atoms with Crippen LogP contribution >= 0.6 is 0 Å². The molecule has 3 heterocycles. The molecule has 2 aliphatic rings. The molecule has 0 saturated carbocycles. The number of aryl methyl sites for hydroxylation is 1. The summed E-state index contributed by atoms with van der Waals surface area (Å²) in [6, 6.07) is 5.73. The number of methoxy groups -OCH3 is 1. The molecule has 2 saturated heterocycles. The number of amides is 1. The van der Waals surface area contributed by atoms with E-state index in [4.69, 9.17) is 4.74 Å². The van der Waals surface area contributed by atoms with E-state index in [0.29, 0.717) is 24.2 Å². The first-order valence-electron chi connectivity index (χ1n) is 11.9. The van der Waals surface area contributed by atoms with Gasteiger partial charge in [0, 0.05) is 30.9 Å². The van der Waals surface area contributed by atoms with Crippen LogP contribution in [-0.2, 0) is 16.1 Å². The summed E-state index contributed by atoms with van der Waals surface area (Å²) in [5, 5.41) is 0. The van der Waals surface area contributed by atoms with Gasteiger partial charge in [-0.1, -0.05) is 6.07 Å². The van der Waals surface area contributed by atoms with Gasteiger partial charge in [0.2, 0.25) is 11.3 Å². The van der Waals surface area contributed by atoms with Gasteiger partial charge in [0.15, 0.2) is 17.5 Å². The van der Waals surface area contributed by atoms with E-state index in [1.165, 1.54) is 9.21 Å². The first kappa shape index (κ1) is 26.1. The molecule has 2 aliphatic heterocycles. The topological polar surface area (TPSA) is 87.9 Å². The molecule has 200 valence electrons. The second-order valence-electron chi connectivity index (χ2n) is 9.32. The summed E-state index contributed by atoms with van der Waals surface area (Å²) >= 11 is -2.35. The highest BCUT2D eigenvalue weighted by Crippen LogP contribution is 2.38. The van der Waals surface area contributed by atoms with Gasteiger partial charge in [0.1, 0.15) is 5.75 Å². The van der Waals surface area contributed by atoms with E-state index in [9.17, 15) is 26.7 Å². The van der Waals surface area contributed by atoms with Gasteiger partial charge in [-0.05, 0) is 61.2 Å². The lowest BCUT2D eigenvalue weighted by Gasteiger charge is -2.48. The molecule has 2 aromatic carbocycles. The van der Waals surface area contributed by atoms with Gasteiger partial charge >= 0.3 is 0 Å². The molecule has 38 heavy (non-hydrogen) atoms. The molecule has 3 atom stereocenters. The molecule has 1 aromatic heterocycles. The maximum Gasteiger partial charge on any atom is 0.250 e. The summed E-state index contributed by atoms with van der Waals surface area (Å²) < 4.78 is 72.0. The number of halogens is 3. The van der Waals surface area contributed by atoms with Crippen LogP contribution in [0.3, 0.4) is 0 Å². The molecule has 0 bridgehead atoms. The number of carbonyl (C=O) groups excluding carboxylic acids is 1. The predicted octanol–water partition coefficient (Wildman–Crippen LogP) is 4.17. The number of nitrogens with zero attached hydrogens (tertiary/aromatic N) is 4. The molecular formula is C26H25F3N4O4S. The number of hydrogen-bond acceptors (Lipinski definition) is 4. The van der Waals surface area contributed by atoms with Crippen LogP contribution in [0.25, 0.3) is 11.8 Å². The number of carbonyl (C=O) groups is 1. The first-order chi connectivity index (χ1) is 18.2. The van der Waals surface area contributed by atoms with Crippen LogP contribution in [0.5, 0.6) is 5.75 Å². The fourth-order valence-electron chi connectivity index (χ4n) is 5.11. The first-order valence-corrected chi connectivity index (χ1v) is 12.9. The molecule has 0 aliphatic carbocycles. The lowest BCUT2D eigenvalue weighted by molar-refractivity contribution is -0.137. The highest BCUT2D eigenvalue weighted by Gasteiger charge is 2.43. The van der Waals surface area contributed by atoms with Crippen molar-refractivity contribution in [2.24, 2.45) is 0 Å². The number of piperidine rings is 1. The predicted molar refractivity (Wildman–Crippen MR) is 134 cm³/mol. The molecule has 3 aromatic rings. The van der Waals surface area contributed by atoms with Crippen LogP contribution in [0, 0.1) is 24.4 Å². The van der Waals surface area contributed by atoms with E-state index in [2.05, 4.69) is 4.98 Å². The number of fused-ring (bicyclic) bond motifs is 1. The van der Waals surface area contributed by atoms with Crippen molar-refractivity contribution in [3.8, 4) is 11.4 Å². The van der Waals surface area contributed by atoms with E-state index in [1.54, 1.807) is 25.6 Å². The number of rotatable bonds is 5. The number of imidazole rings is 1. The van der Waals surface area contributed by atoms with Gasteiger partial charge in [-0.25, -0.2) is 22.4 Å². The Morgan fingerprint density at radius 2 is 1.89 bits per heavy atom. The lowest BCUT2D eigenvalue weighted by Crippen LogP contribution is -2.58. The van der Waals surface area contributed by atoms with Crippen LogP contribution in [-0.4, -0.2) is 59.7 Å². The average Bonchev–Trinajstić information content (AvgIpc) is 3.33. The van der Waals surface area contributed by atoms with Crippen molar-refractivity contribution < 1.29 is 31.5 Å². The Kier molecular flexibility index (Phi) is 7.12. The summed E-state index contributed by atoms with van der Waals surface area (Å²) in [4.78, 5) is 19.4. The quantitative estimate of drug-likeness (QED) is 0.295. The van der Waals surface area contributed by atoms with Gasteiger partial charge in [0.05, 0.1) is 30.9 Å². The largest absolute Gasteiger partial charge is 0.495 e. The maximum atomic E-state index is 14.1. The Morgan fingerprint density at radius 3 is 2.53 bits per heavy atom. The zero-order chi connectivity index (χ0) is 27.1. The Balaban J connectivity index is 1.49. The number of hydrogen-bond donors (Lipinski definition) is 1. The van der Waals surface area contributed by atoms with Gasteiger partial charge in [-0.2, -0.15) is 4.31 Å². The average molecular weight is 547 g/mol. The summed E-state index contributed by atoms with van der Waals surface area (Å²) in [6.45, 7) is 1.86. The van der Waals surface area contributed by atoms with Crippen molar-refractivity contribution in [2.45, 2.75) is 31.8 Å². The highest BCUT2D eigenvalue weighted by molar-refractivity contribution is 7.76. The molecule has 12 heteroatoms. The van der Waals surface area contributed by atoms with E-state index < -0.39 is 40.8 Å². The van der Waals surface area contributed by atoms with Crippen LogP contribution in [0.15, 0.2) is 48.4 Å². The number of benzene rings is 2. The molecule has 5 rings (SSSR count). The molecule has 0 radical (unpaired) electrons. The zero-order valence-corrected chi connectivity index (χ0v) is 21.4. The monoisotopic (exact) mass is 546 g/mol. The highest BCUT2D eigenvalue weighted by atomic mass is 32.2. The smallest absolute Gasteiger partial charge is 0.250 e. The standard InChI is InChI=1S/C26H25F3N4O4S/c1-15-11-31(14-30-15)22-6-3-16(8-24(22)37-2)7-17-4-5-19-12-32(38(35)36)13-23(33(19)26(17)34)18-9-20(27)25(29)21(28)10-18/h3,6-11,14,19,23H,4-5,12-13H2,1-2H3,(H,35,36)/b17-7+/t19-,23-/m0/s1. The molecular weight excluding hydrogens is 521 g/mol. The minimum absolute atomic E-state index is 0.0118. The van der Waals surface area contributed by atoms with E-state index in [0.717, 1.165) is 29.1 Å². The molecule has 0 spiro atoms. The summed E-state index contributed by atoms with van der Waals surface area (Å²) in [5.74, 6) is -4.17. The van der Waals surface area contributed by atoms with E-state index in [1.807, 2.05) is 29.8 Å². The minimum atomic E-state index is -2.35. The normalized spacial score (nSPS) is 22.0. The zero-order valence-electron chi connectivity index (χ0n) is 20.6. The third-order valence-electron chi connectivity index (χ3n) is 6.92. The Hall–Kier alpha value is -3.48. The molecule has 1 N–H and O–H groups in total. The fraction of sp³-hybridized carbons (Fsp3) is 0.308. The van der Waals surface area contributed by atoms with E-state index >= 15 is 0 Å². The lowest BCUT2D eigenvalue weighted by atomic mass is 9.89. The maximum absolute atomic E-state index is 14.1. The summed E-state index contributed by atoms with van der Waals surface area (Å²) in [6.07, 6.45) is 6.15. The number of piperazine rings is 1. The summed E-state index contributed by atoms with van der Waals surface area (Å²) in [7, 11) is 1.55. The van der Waals surface area contributed by atoms with Gasteiger partial charge in [0.25, 0.3) is 5.91 Å². The second-order valence-corrected chi connectivity index (χ2v) is 10.3.